The lowest BCUT2D eigenvalue weighted by Crippen LogP contribution is -2.30. The van der Waals surface area contributed by atoms with Gasteiger partial charge in [0.05, 0.1) is 0 Å². The second-order valence-corrected chi connectivity index (χ2v) is 19.2. The number of carbonyl (C=O) groups is 3. The normalized spacial score (nSPS) is 12.2. The van der Waals surface area contributed by atoms with E-state index in [9.17, 15) is 14.4 Å². The molecule has 0 bridgehead atoms. The lowest BCUT2D eigenvalue weighted by atomic mass is 10.0. The number of allylic oxidation sites excluding steroid dienone is 6. The lowest BCUT2D eigenvalue weighted by molar-refractivity contribution is -0.167. The Labute approximate surface area is 404 Å². The van der Waals surface area contributed by atoms with Crippen molar-refractivity contribution in [2.45, 2.75) is 309 Å². The molecule has 0 spiro atoms. The Morgan fingerprint density at radius 1 is 0.323 bits per heavy atom. The molecular weight excluding hydrogens is 805 g/mol. The maximum absolute atomic E-state index is 12.8. The average molecular weight is 914 g/mol. The van der Waals surface area contributed by atoms with Gasteiger partial charge in [-0.25, -0.2) is 0 Å². The van der Waals surface area contributed by atoms with E-state index in [-0.39, 0.29) is 31.1 Å². The molecule has 1 atom stereocenters. The lowest BCUT2D eigenvalue weighted by Gasteiger charge is -2.18. The van der Waals surface area contributed by atoms with Crippen LogP contribution in [0.5, 0.6) is 0 Å². The monoisotopic (exact) mass is 913 g/mol. The number of esters is 3. The summed E-state index contributed by atoms with van der Waals surface area (Å²) in [5.41, 5.74) is 0. The Bertz CT molecular complexity index is 1090. The van der Waals surface area contributed by atoms with E-state index >= 15 is 0 Å². The zero-order valence-electron chi connectivity index (χ0n) is 43.5. The third-order valence-electron chi connectivity index (χ3n) is 12.7. The van der Waals surface area contributed by atoms with Gasteiger partial charge in [0.15, 0.2) is 6.10 Å². The van der Waals surface area contributed by atoms with Crippen LogP contribution < -0.4 is 0 Å². The molecule has 0 fully saturated rings. The van der Waals surface area contributed by atoms with Crippen molar-refractivity contribution >= 4 is 17.9 Å². The van der Waals surface area contributed by atoms with Crippen LogP contribution in [-0.4, -0.2) is 37.2 Å². The molecular formula is C59H108O6. The van der Waals surface area contributed by atoms with E-state index in [4.69, 9.17) is 14.2 Å². The van der Waals surface area contributed by atoms with E-state index in [0.29, 0.717) is 19.3 Å². The fourth-order valence-corrected chi connectivity index (χ4v) is 8.40. The van der Waals surface area contributed by atoms with Gasteiger partial charge in [0.2, 0.25) is 0 Å². The molecule has 0 aliphatic carbocycles. The Hall–Kier alpha value is -2.37. The molecule has 1 unspecified atom stereocenters. The van der Waals surface area contributed by atoms with Crippen LogP contribution in [0.3, 0.4) is 0 Å². The highest BCUT2D eigenvalue weighted by Gasteiger charge is 2.19. The minimum absolute atomic E-state index is 0.0714. The second-order valence-electron chi connectivity index (χ2n) is 19.2. The number of rotatable bonds is 52. The Morgan fingerprint density at radius 3 is 0.938 bits per heavy atom. The molecule has 0 radical (unpaired) electrons. The summed E-state index contributed by atoms with van der Waals surface area (Å²) in [5, 5.41) is 0. The van der Waals surface area contributed by atoms with Crippen molar-refractivity contribution in [3.05, 3.63) is 36.5 Å². The third-order valence-corrected chi connectivity index (χ3v) is 12.7. The SMILES string of the molecule is CC/C=C\C/C=C\C/C=C\CCCCCCCCCC(=O)OC(COC(=O)CCCCCCCCCCCCCC)COC(=O)CCCCCCCCCCCCCCCCCCCC. The van der Waals surface area contributed by atoms with Crippen molar-refractivity contribution in [3.63, 3.8) is 0 Å². The van der Waals surface area contributed by atoms with Crippen molar-refractivity contribution in [2.24, 2.45) is 0 Å². The first kappa shape index (κ1) is 62.6. The van der Waals surface area contributed by atoms with Gasteiger partial charge in [-0.2, -0.15) is 0 Å². The summed E-state index contributed by atoms with van der Waals surface area (Å²) in [6.07, 6.45) is 64.2. The van der Waals surface area contributed by atoms with Gasteiger partial charge in [-0.1, -0.05) is 269 Å². The molecule has 65 heavy (non-hydrogen) atoms. The number of carbonyl (C=O) groups excluding carboxylic acids is 3. The third kappa shape index (κ3) is 52.5. The van der Waals surface area contributed by atoms with E-state index in [2.05, 4.69) is 57.2 Å². The van der Waals surface area contributed by atoms with Crippen molar-refractivity contribution in [2.75, 3.05) is 13.2 Å². The zero-order valence-corrected chi connectivity index (χ0v) is 43.5. The summed E-state index contributed by atoms with van der Waals surface area (Å²) < 4.78 is 16.9. The molecule has 0 aliphatic heterocycles. The Balaban J connectivity index is 4.32. The summed E-state index contributed by atoms with van der Waals surface area (Å²) in [4.78, 5) is 38.1. The molecule has 6 heteroatoms. The van der Waals surface area contributed by atoms with E-state index in [1.54, 1.807) is 0 Å². The quantitative estimate of drug-likeness (QED) is 0.0262. The van der Waals surface area contributed by atoms with Crippen LogP contribution >= 0.6 is 0 Å². The first-order valence-corrected chi connectivity index (χ1v) is 28.5. The molecule has 0 amide bonds. The summed E-state index contributed by atoms with van der Waals surface area (Å²) in [5.74, 6) is -0.863. The van der Waals surface area contributed by atoms with Crippen LogP contribution in [0.4, 0.5) is 0 Å². The average Bonchev–Trinajstić information content (AvgIpc) is 3.30. The van der Waals surface area contributed by atoms with Crippen molar-refractivity contribution < 1.29 is 28.6 Å². The van der Waals surface area contributed by atoms with Crippen LogP contribution in [0.2, 0.25) is 0 Å². The highest BCUT2D eigenvalue weighted by atomic mass is 16.6. The second kappa shape index (κ2) is 54.2. The van der Waals surface area contributed by atoms with Crippen LogP contribution in [0.25, 0.3) is 0 Å². The predicted octanol–water partition coefficient (Wildman–Crippen LogP) is 18.9. The first-order chi connectivity index (χ1) is 32.0. The summed E-state index contributed by atoms with van der Waals surface area (Å²) in [6, 6.07) is 0. The molecule has 0 aromatic carbocycles. The van der Waals surface area contributed by atoms with Gasteiger partial charge in [-0.3, -0.25) is 14.4 Å². The van der Waals surface area contributed by atoms with Gasteiger partial charge < -0.3 is 14.2 Å². The standard InChI is InChI=1S/C59H108O6/c1-4-7-10-13-16-19-22-25-27-29-31-32-34-37-40-43-46-49-52-58(61)64-55-56(54-63-57(60)51-48-45-42-39-36-24-21-18-15-12-9-6-3)65-59(62)53-50-47-44-41-38-35-33-30-28-26-23-20-17-14-11-8-5-2/h8,11,17,20,26,28,56H,4-7,9-10,12-16,18-19,21-25,27,29-55H2,1-3H3/b11-8-,20-17-,28-26-. The van der Waals surface area contributed by atoms with Crippen molar-refractivity contribution in [3.8, 4) is 0 Å². The van der Waals surface area contributed by atoms with Gasteiger partial charge in [-0.05, 0) is 51.4 Å². The largest absolute Gasteiger partial charge is 0.462 e. The number of unbranched alkanes of at least 4 members (excludes halogenated alkanes) is 35. The van der Waals surface area contributed by atoms with Crippen molar-refractivity contribution in [1.82, 2.24) is 0 Å². The van der Waals surface area contributed by atoms with Crippen LogP contribution in [0.15, 0.2) is 36.5 Å². The van der Waals surface area contributed by atoms with Crippen LogP contribution in [0, 0.1) is 0 Å². The van der Waals surface area contributed by atoms with E-state index in [1.807, 2.05) is 0 Å². The van der Waals surface area contributed by atoms with Gasteiger partial charge in [0, 0.05) is 19.3 Å². The highest BCUT2D eigenvalue weighted by molar-refractivity contribution is 5.71. The zero-order chi connectivity index (χ0) is 47.2. The topological polar surface area (TPSA) is 78.9 Å². The van der Waals surface area contributed by atoms with Gasteiger partial charge >= 0.3 is 17.9 Å². The fourth-order valence-electron chi connectivity index (χ4n) is 8.40. The fraction of sp³-hybridized carbons (Fsp3) is 0.847. The molecule has 0 aromatic heterocycles. The number of hydrogen-bond donors (Lipinski definition) is 0. The van der Waals surface area contributed by atoms with Gasteiger partial charge in [0.25, 0.3) is 0 Å². The van der Waals surface area contributed by atoms with E-state index < -0.39 is 6.10 Å². The summed E-state index contributed by atoms with van der Waals surface area (Å²) in [7, 11) is 0. The highest BCUT2D eigenvalue weighted by Crippen LogP contribution is 2.17. The Kier molecular flexibility index (Phi) is 52.3. The molecule has 0 saturated heterocycles. The Morgan fingerprint density at radius 2 is 0.600 bits per heavy atom. The van der Waals surface area contributed by atoms with Crippen molar-refractivity contribution in [1.29, 1.82) is 0 Å². The molecule has 0 aromatic rings. The maximum Gasteiger partial charge on any atom is 0.306 e. The molecule has 0 N–H and O–H groups in total. The number of ether oxygens (including phenoxy) is 3. The van der Waals surface area contributed by atoms with E-state index in [1.165, 1.54) is 180 Å². The van der Waals surface area contributed by atoms with Gasteiger partial charge in [-0.15, -0.1) is 0 Å². The van der Waals surface area contributed by atoms with E-state index in [0.717, 1.165) is 83.5 Å². The molecule has 0 aliphatic rings. The molecule has 0 rings (SSSR count). The number of hydrogen-bond acceptors (Lipinski definition) is 6. The summed E-state index contributed by atoms with van der Waals surface area (Å²) in [6.45, 7) is 6.56. The first-order valence-electron chi connectivity index (χ1n) is 28.5. The summed E-state index contributed by atoms with van der Waals surface area (Å²) >= 11 is 0. The molecule has 0 saturated carbocycles. The predicted molar refractivity (Wildman–Crippen MR) is 279 cm³/mol. The van der Waals surface area contributed by atoms with Crippen LogP contribution in [0.1, 0.15) is 303 Å². The van der Waals surface area contributed by atoms with Gasteiger partial charge in [0.1, 0.15) is 13.2 Å². The van der Waals surface area contributed by atoms with Crippen LogP contribution in [-0.2, 0) is 28.6 Å². The molecule has 6 nitrogen and oxygen atoms in total. The maximum atomic E-state index is 12.8. The minimum atomic E-state index is -0.772. The smallest absolute Gasteiger partial charge is 0.306 e. The molecule has 0 heterocycles. The molecule has 380 valence electrons. The minimum Gasteiger partial charge on any atom is -0.462 e.